The molecule has 1 aliphatic carbocycles. The molecule has 0 fully saturated rings. The summed E-state index contributed by atoms with van der Waals surface area (Å²) in [6.45, 7) is 0. The van der Waals surface area contributed by atoms with Crippen molar-refractivity contribution >= 4 is 0 Å². The Hall–Kier alpha value is -2.66. The lowest BCUT2D eigenvalue weighted by Crippen LogP contribution is -2.31. The van der Waals surface area contributed by atoms with Crippen molar-refractivity contribution in [3.8, 4) is 23.0 Å². The highest BCUT2D eigenvalue weighted by Gasteiger charge is 2.34. The second-order valence-corrected chi connectivity index (χ2v) is 6.70. The monoisotopic (exact) mass is 354 g/mol. The largest absolute Gasteiger partial charge is 0.504 e. The Labute approximate surface area is 152 Å². The first-order valence-corrected chi connectivity index (χ1v) is 8.71. The number of fused-ring (bicyclic) bond motifs is 3. The molecule has 1 aliphatic heterocycles. The summed E-state index contributed by atoms with van der Waals surface area (Å²) < 4.78 is 16.7. The quantitative estimate of drug-likeness (QED) is 0.820. The van der Waals surface area contributed by atoms with Gasteiger partial charge in [-0.05, 0) is 53.8 Å². The molecular formula is C21H22O5. The van der Waals surface area contributed by atoms with Crippen molar-refractivity contribution in [3.63, 3.8) is 0 Å². The Kier molecular flexibility index (Phi) is 4.24. The third-order valence-corrected chi connectivity index (χ3v) is 5.24. The summed E-state index contributed by atoms with van der Waals surface area (Å²) in [6, 6.07) is 9.05. The minimum absolute atomic E-state index is 0.0518. The lowest BCUT2D eigenvalue weighted by molar-refractivity contribution is -0.0140. The van der Waals surface area contributed by atoms with Crippen molar-refractivity contribution in [1.82, 2.24) is 0 Å². The molecule has 0 bridgehead atoms. The second kappa shape index (κ2) is 6.57. The van der Waals surface area contributed by atoms with E-state index >= 15 is 0 Å². The molecule has 0 aromatic heterocycles. The van der Waals surface area contributed by atoms with E-state index < -0.39 is 0 Å². The number of hydrogen-bond donors (Lipinski definition) is 2. The number of aryl methyl sites for hydroxylation is 1. The topological polar surface area (TPSA) is 68.2 Å². The van der Waals surface area contributed by atoms with Gasteiger partial charge in [-0.2, -0.15) is 0 Å². The lowest BCUT2D eigenvalue weighted by atomic mass is 9.78. The molecule has 0 amide bonds. The summed E-state index contributed by atoms with van der Waals surface area (Å²) in [5.41, 5.74) is 3.17. The zero-order chi connectivity index (χ0) is 18.3. The Morgan fingerprint density at radius 2 is 1.73 bits per heavy atom. The fourth-order valence-electron chi connectivity index (χ4n) is 3.90. The molecule has 0 radical (unpaired) electrons. The number of hydrogen-bond acceptors (Lipinski definition) is 5. The highest BCUT2D eigenvalue weighted by molar-refractivity contribution is 5.51. The van der Waals surface area contributed by atoms with Gasteiger partial charge in [0.25, 0.3) is 0 Å². The summed E-state index contributed by atoms with van der Waals surface area (Å²) in [5, 5.41) is 20.0. The number of rotatable bonds is 3. The minimum Gasteiger partial charge on any atom is -0.504 e. The molecule has 0 spiro atoms. The maximum atomic E-state index is 10.0. The van der Waals surface area contributed by atoms with E-state index in [0.29, 0.717) is 11.5 Å². The van der Waals surface area contributed by atoms with Crippen LogP contribution in [0.25, 0.3) is 0 Å². The molecule has 136 valence electrons. The van der Waals surface area contributed by atoms with Crippen molar-refractivity contribution < 1.29 is 24.4 Å². The highest BCUT2D eigenvalue weighted by Crippen LogP contribution is 2.44. The van der Waals surface area contributed by atoms with Crippen molar-refractivity contribution in [3.05, 3.63) is 59.2 Å². The standard InChI is InChI=1S/C21H22O5/c1-24-20-7-4-13(10-16(20)22)18-8-5-14-15-11-21(25-2)17(23)9-12(15)3-6-19(14)26-18/h4-5,7-11,14,18-19,22-23H,3,6H2,1-2H3/t14-,18-,19+/m1/s1. The third kappa shape index (κ3) is 2.78. The summed E-state index contributed by atoms with van der Waals surface area (Å²) in [5.74, 6) is 1.36. The van der Waals surface area contributed by atoms with Crippen molar-refractivity contribution in [2.75, 3.05) is 14.2 Å². The van der Waals surface area contributed by atoms with Crippen molar-refractivity contribution in [2.24, 2.45) is 0 Å². The highest BCUT2D eigenvalue weighted by atomic mass is 16.5. The van der Waals surface area contributed by atoms with Gasteiger partial charge in [0.1, 0.15) is 6.10 Å². The molecule has 2 N–H and O–H groups in total. The third-order valence-electron chi connectivity index (χ3n) is 5.24. The van der Waals surface area contributed by atoms with Crippen LogP contribution in [0.4, 0.5) is 0 Å². The molecular weight excluding hydrogens is 332 g/mol. The van der Waals surface area contributed by atoms with Gasteiger partial charge < -0.3 is 24.4 Å². The van der Waals surface area contributed by atoms with Gasteiger partial charge in [0.05, 0.1) is 20.3 Å². The zero-order valence-corrected chi connectivity index (χ0v) is 14.8. The van der Waals surface area contributed by atoms with Gasteiger partial charge in [0.15, 0.2) is 23.0 Å². The van der Waals surface area contributed by atoms with Gasteiger partial charge in [0.2, 0.25) is 0 Å². The fraction of sp³-hybridized carbons (Fsp3) is 0.333. The van der Waals surface area contributed by atoms with E-state index in [0.717, 1.165) is 29.5 Å². The molecule has 0 saturated heterocycles. The number of aromatic hydroxyl groups is 2. The van der Waals surface area contributed by atoms with Crippen LogP contribution in [0.15, 0.2) is 42.5 Å². The van der Waals surface area contributed by atoms with Crippen LogP contribution < -0.4 is 9.47 Å². The predicted molar refractivity (Wildman–Crippen MR) is 97.1 cm³/mol. The van der Waals surface area contributed by atoms with E-state index in [-0.39, 0.29) is 29.6 Å². The number of methoxy groups -OCH3 is 2. The van der Waals surface area contributed by atoms with E-state index in [9.17, 15) is 10.2 Å². The maximum Gasteiger partial charge on any atom is 0.160 e. The molecule has 0 unspecified atom stereocenters. The first-order chi connectivity index (χ1) is 12.6. The van der Waals surface area contributed by atoms with Crippen LogP contribution in [0.2, 0.25) is 0 Å². The molecule has 4 rings (SSSR count). The number of ether oxygens (including phenoxy) is 3. The molecule has 2 aliphatic rings. The van der Waals surface area contributed by atoms with E-state index in [1.165, 1.54) is 7.11 Å². The number of phenolic OH excluding ortho intramolecular Hbond substituents is 2. The van der Waals surface area contributed by atoms with Crippen LogP contribution in [-0.4, -0.2) is 30.5 Å². The van der Waals surface area contributed by atoms with E-state index in [1.807, 2.05) is 18.2 Å². The molecule has 5 nitrogen and oxygen atoms in total. The second-order valence-electron chi connectivity index (χ2n) is 6.70. The van der Waals surface area contributed by atoms with Gasteiger partial charge in [-0.3, -0.25) is 0 Å². The average Bonchev–Trinajstić information content (AvgIpc) is 2.66. The van der Waals surface area contributed by atoms with E-state index in [4.69, 9.17) is 14.2 Å². The molecule has 2 aromatic carbocycles. The van der Waals surface area contributed by atoms with E-state index in [2.05, 4.69) is 6.08 Å². The maximum absolute atomic E-state index is 10.0. The summed E-state index contributed by atoms with van der Waals surface area (Å²) in [7, 11) is 3.09. The van der Waals surface area contributed by atoms with Gasteiger partial charge >= 0.3 is 0 Å². The van der Waals surface area contributed by atoms with Crippen LogP contribution in [0.1, 0.15) is 35.1 Å². The summed E-state index contributed by atoms with van der Waals surface area (Å²) in [4.78, 5) is 0. The minimum atomic E-state index is -0.200. The van der Waals surface area contributed by atoms with Gasteiger partial charge in [0, 0.05) is 5.92 Å². The number of benzene rings is 2. The van der Waals surface area contributed by atoms with Crippen LogP contribution in [0.5, 0.6) is 23.0 Å². The van der Waals surface area contributed by atoms with Gasteiger partial charge in [-0.1, -0.05) is 18.2 Å². The van der Waals surface area contributed by atoms with Crippen LogP contribution in [0, 0.1) is 0 Å². The van der Waals surface area contributed by atoms with Crippen molar-refractivity contribution in [1.29, 1.82) is 0 Å². The summed E-state index contributed by atoms with van der Waals surface area (Å²) in [6.07, 6.45) is 5.77. The Balaban J connectivity index is 1.64. The Morgan fingerprint density at radius 1 is 0.962 bits per heavy atom. The van der Waals surface area contributed by atoms with Crippen LogP contribution in [0.3, 0.4) is 0 Å². The molecule has 0 saturated carbocycles. The smallest absolute Gasteiger partial charge is 0.160 e. The van der Waals surface area contributed by atoms with Crippen molar-refractivity contribution in [2.45, 2.75) is 31.0 Å². The van der Waals surface area contributed by atoms with Crippen LogP contribution >= 0.6 is 0 Å². The fourth-order valence-corrected chi connectivity index (χ4v) is 3.90. The zero-order valence-electron chi connectivity index (χ0n) is 14.8. The van der Waals surface area contributed by atoms with Gasteiger partial charge in [-0.25, -0.2) is 0 Å². The Bertz CT molecular complexity index is 858. The lowest BCUT2D eigenvalue weighted by Gasteiger charge is -2.37. The SMILES string of the molecule is COc1ccc([C@H]2C=C[C@@H]3c4cc(OC)c(O)cc4CC[C@@H]3O2)cc1O. The first-order valence-electron chi connectivity index (χ1n) is 8.71. The van der Waals surface area contributed by atoms with Crippen LogP contribution in [-0.2, 0) is 11.2 Å². The summed E-state index contributed by atoms with van der Waals surface area (Å²) >= 11 is 0. The van der Waals surface area contributed by atoms with E-state index in [1.54, 1.807) is 25.3 Å². The molecule has 26 heavy (non-hydrogen) atoms. The predicted octanol–water partition coefficient (Wildman–Crippen LogP) is 3.84. The molecule has 1 heterocycles. The first kappa shape index (κ1) is 16.8. The molecule has 3 atom stereocenters. The Morgan fingerprint density at radius 3 is 2.46 bits per heavy atom. The average molecular weight is 354 g/mol. The number of phenols is 2. The molecule has 5 heteroatoms. The van der Waals surface area contributed by atoms with Gasteiger partial charge in [-0.15, -0.1) is 0 Å². The molecule has 2 aromatic rings. The normalized spacial score (nSPS) is 23.8.